The van der Waals surface area contributed by atoms with Gasteiger partial charge in [0.1, 0.15) is 11.6 Å². The van der Waals surface area contributed by atoms with Gasteiger partial charge in [-0.15, -0.1) is 0 Å². The predicted octanol–water partition coefficient (Wildman–Crippen LogP) is 3.38. The maximum absolute atomic E-state index is 13.6. The van der Waals surface area contributed by atoms with Gasteiger partial charge in [0.15, 0.2) is 11.6 Å². The second-order valence-corrected chi connectivity index (χ2v) is 4.75. The molecular weight excluding hydrogens is 295 g/mol. The molecule has 0 heterocycles. The average Bonchev–Trinajstić information content (AvgIpc) is 2.49. The van der Waals surface area contributed by atoms with E-state index >= 15 is 0 Å². The van der Waals surface area contributed by atoms with Crippen LogP contribution < -0.4 is 4.74 Å². The first-order valence-electron chi connectivity index (χ1n) is 6.45. The maximum Gasteiger partial charge on any atom is 0.256 e. The number of carbonyl (C=O) groups excluding carboxylic acids is 1. The van der Waals surface area contributed by atoms with Crippen molar-refractivity contribution in [1.82, 2.24) is 4.90 Å². The molecule has 0 saturated carbocycles. The molecule has 0 radical (unpaired) electrons. The minimum atomic E-state index is -0.806. The minimum absolute atomic E-state index is 0.0513. The standard InChI is InChI=1S/C16H14F3NO2/c1-20(9-10-3-6-15(22-2)14(19)7-10)16(21)12-8-11(17)4-5-13(12)18/h3-8H,9H2,1-2H3. The third kappa shape index (κ3) is 3.39. The van der Waals surface area contributed by atoms with Crippen molar-refractivity contribution < 1.29 is 22.7 Å². The summed E-state index contributed by atoms with van der Waals surface area (Å²) in [6.07, 6.45) is 0. The molecule has 0 atom stereocenters. The number of carbonyl (C=O) groups is 1. The van der Waals surface area contributed by atoms with Gasteiger partial charge in [0.25, 0.3) is 5.91 Å². The van der Waals surface area contributed by atoms with Crippen molar-refractivity contribution in [2.75, 3.05) is 14.2 Å². The highest BCUT2D eigenvalue weighted by Crippen LogP contribution is 2.19. The first-order chi connectivity index (χ1) is 10.4. The molecule has 0 aromatic heterocycles. The Morgan fingerprint density at radius 2 is 1.82 bits per heavy atom. The number of nitrogens with zero attached hydrogens (tertiary/aromatic N) is 1. The minimum Gasteiger partial charge on any atom is -0.494 e. The van der Waals surface area contributed by atoms with E-state index in [4.69, 9.17) is 4.74 Å². The van der Waals surface area contributed by atoms with Crippen molar-refractivity contribution in [3.63, 3.8) is 0 Å². The van der Waals surface area contributed by atoms with E-state index in [1.807, 2.05) is 0 Å². The Labute approximate surface area is 125 Å². The highest BCUT2D eigenvalue weighted by Gasteiger charge is 2.17. The number of ether oxygens (including phenoxy) is 1. The van der Waals surface area contributed by atoms with Crippen molar-refractivity contribution >= 4 is 5.91 Å². The summed E-state index contributed by atoms with van der Waals surface area (Å²) in [4.78, 5) is 13.3. The highest BCUT2D eigenvalue weighted by molar-refractivity contribution is 5.94. The Morgan fingerprint density at radius 3 is 2.45 bits per heavy atom. The Balaban J connectivity index is 2.18. The first kappa shape index (κ1) is 15.9. The smallest absolute Gasteiger partial charge is 0.256 e. The van der Waals surface area contributed by atoms with Crippen LogP contribution in [-0.2, 0) is 6.54 Å². The maximum atomic E-state index is 13.6. The van der Waals surface area contributed by atoms with Gasteiger partial charge in [0, 0.05) is 13.6 Å². The summed E-state index contributed by atoms with van der Waals surface area (Å²) in [6, 6.07) is 6.92. The fourth-order valence-electron chi connectivity index (χ4n) is 2.02. The summed E-state index contributed by atoms with van der Waals surface area (Å²) < 4.78 is 45.1. The van der Waals surface area contributed by atoms with E-state index in [9.17, 15) is 18.0 Å². The summed E-state index contributed by atoms with van der Waals surface area (Å²) in [6.45, 7) is 0.0513. The zero-order chi connectivity index (χ0) is 16.3. The molecule has 0 aliphatic rings. The molecule has 2 aromatic rings. The molecule has 116 valence electrons. The molecule has 0 fully saturated rings. The number of hydrogen-bond acceptors (Lipinski definition) is 2. The summed E-state index contributed by atoms with van der Waals surface area (Å²) in [5.41, 5.74) is 0.141. The van der Waals surface area contributed by atoms with E-state index < -0.39 is 23.4 Å². The van der Waals surface area contributed by atoms with Crippen LogP contribution in [-0.4, -0.2) is 25.0 Å². The van der Waals surface area contributed by atoms with Gasteiger partial charge in [-0.2, -0.15) is 0 Å². The van der Waals surface area contributed by atoms with Crippen LogP contribution in [0.2, 0.25) is 0 Å². The Morgan fingerprint density at radius 1 is 1.09 bits per heavy atom. The van der Waals surface area contributed by atoms with Crippen LogP contribution in [0.4, 0.5) is 13.2 Å². The lowest BCUT2D eigenvalue weighted by molar-refractivity contribution is 0.0779. The molecule has 1 amide bonds. The van der Waals surface area contributed by atoms with Crippen LogP contribution in [0.3, 0.4) is 0 Å². The highest BCUT2D eigenvalue weighted by atomic mass is 19.1. The van der Waals surface area contributed by atoms with Crippen molar-refractivity contribution in [3.8, 4) is 5.75 Å². The number of halogens is 3. The van der Waals surface area contributed by atoms with E-state index in [1.54, 1.807) is 6.07 Å². The quantitative estimate of drug-likeness (QED) is 0.866. The predicted molar refractivity (Wildman–Crippen MR) is 75.1 cm³/mol. The van der Waals surface area contributed by atoms with Gasteiger partial charge >= 0.3 is 0 Å². The van der Waals surface area contributed by atoms with Crippen molar-refractivity contribution in [3.05, 3.63) is 65.0 Å². The van der Waals surface area contributed by atoms with E-state index in [0.717, 1.165) is 18.2 Å². The molecule has 0 aliphatic heterocycles. The fourth-order valence-corrected chi connectivity index (χ4v) is 2.02. The summed E-state index contributed by atoms with van der Waals surface area (Å²) in [7, 11) is 2.77. The molecule has 0 N–H and O–H groups in total. The SMILES string of the molecule is COc1ccc(CN(C)C(=O)c2cc(F)ccc2F)cc1F. The monoisotopic (exact) mass is 309 g/mol. The van der Waals surface area contributed by atoms with E-state index in [-0.39, 0.29) is 17.9 Å². The summed E-state index contributed by atoms with van der Waals surface area (Å²) >= 11 is 0. The lowest BCUT2D eigenvalue weighted by atomic mass is 10.1. The Kier molecular flexibility index (Phi) is 4.70. The topological polar surface area (TPSA) is 29.5 Å². The molecule has 0 unspecified atom stereocenters. The van der Waals surface area contributed by atoms with Gasteiger partial charge in [-0.25, -0.2) is 13.2 Å². The van der Waals surface area contributed by atoms with Crippen LogP contribution in [0.25, 0.3) is 0 Å². The van der Waals surface area contributed by atoms with E-state index in [1.165, 1.54) is 31.2 Å². The fraction of sp³-hybridized carbons (Fsp3) is 0.188. The second-order valence-electron chi connectivity index (χ2n) is 4.75. The third-order valence-corrected chi connectivity index (χ3v) is 3.14. The van der Waals surface area contributed by atoms with Gasteiger partial charge in [-0.1, -0.05) is 6.07 Å². The normalized spacial score (nSPS) is 10.4. The summed E-state index contributed by atoms with van der Waals surface area (Å²) in [5, 5.41) is 0. The van der Waals surface area contributed by atoms with Crippen LogP contribution in [0.15, 0.2) is 36.4 Å². The average molecular weight is 309 g/mol. The van der Waals surface area contributed by atoms with Gasteiger partial charge < -0.3 is 9.64 Å². The van der Waals surface area contributed by atoms with Crippen LogP contribution >= 0.6 is 0 Å². The molecule has 22 heavy (non-hydrogen) atoms. The lowest BCUT2D eigenvalue weighted by Crippen LogP contribution is -2.27. The lowest BCUT2D eigenvalue weighted by Gasteiger charge is -2.18. The molecule has 0 saturated heterocycles. The molecule has 2 aromatic carbocycles. The number of benzene rings is 2. The van der Waals surface area contributed by atoms with Gasteiger partial charge in [0.05, 0.1) is 12.7 Å². The molecule has 0 spiro atoms. The zero-order valence-electron chi connectivity index (χ0n) is 12.1. The molecule has 3 nitrogen and oxygen atoms in total. The molecular formula is C16H14F3NO2. The van der Waals surface area contributed by atoms with Crippen molar-refractivity contribution in [2.24, 2.45) is 0 Å². The third-order valence-electron chi connectivity index (χ3n) is 3.14. The van der Waals surface area contributed by atoms with Crippen molar-refractivity contribution in [2.45, 2.75) is 6.54 Å². The second kappa shape index (κ2) is 6.51. The van der Waals surface area contributed by atoms with Gasteiger partial charge in [0.2, 0.25) is 0 Å². The van der Waals surface area contributed by atoms with E-state index in [2.05, 4.69) is 0 Å². The van der Waals surface area contributed by atoms with Gasteiger partial charge in [-0.3, -0.25) is 4.79 Å². The number of methoxy groups -OCH3 is 1. The number of hydrogen-bond donors (Lipinski definition) is 0. The zero-order valence-corrected chi connectivity index (χ0v) is 12.1. The summed E-state index contributed by atoms with van der Waals surface area (Å²) in [5.74, 6) is -2.66. The molecule has 6 heteroatoms. The van der Waals surface area contributed by atoms with Gasteiger partial charge in [-0.05, 0) is 35.9 Å². The molecule has 0 bridgehead atoms. The van der Waals surface area contributed by atoms with Crippen LogP contribution in [0.1, 0.15) is 15.9 Å². The van der Waals surface area contributed by atoms with E-state index in [0.29, 0.717) is 5.56 Å². The van der Waals surface area contributed by atoms with Crippen LogP contribution in [0, 0.1) is 17.5 Å². The number of rotatable bonds is 4. The van der Waals surface area contributed by atoms with Crippen LogP contribution in [0.5, 0.6) is 5.75 Å². The van der Waals surface area contributed by atoms with Crippen molar-refractivity contribution in [1.29, 1.82) is 0 Å². The Bertz CT molecular complexity index is 704. The largest absolute Gasteiger partial charge is 0.494 e. The first-order valence-corrected chi connectivity index (χ1v) is 6.45. The Hall–Kier alpha value is -2.50. The molecule has 0 aliphatic carbocycles. The number of amides is 1. The molecule has 2 rings (SSSR count).